The third-order valence-corrected chi connectivity index (χ3v) is 3.41. The van der Waals surface area contributed by atoms with Gasteiger partial charge in [-0.05, 0) is 34.9 Å². The maximum absolute atomic E-state index is 11.6. The summed E-state index contributed by atoms with van der Waals surface area (Å²) in [5.41, 5.74) is 6.70. The summed E-state index contributed by atoms with van der Waals surface area (Å²) in [6.45, 7) is 0.285. The van der Waals surface area contributed by atoms with E-state index in [1.54, 1.807) is 7.11 Å². The number of benzene rings is 2. The first-order chi connectivity index (χ1) is 9.67. The normalized spacial score (nSPS) is 12.2. The van der Waals surface area contributed by atoms with Crippen molar-refractivity contribution in [1.29, 1.82) is 0 Å². The van der Waals surface area contributed by atoms with E-state index in [0.29, 0.717) is 6.42 Å². The van der Waals surface area contributed by atoms with E-state index >= 15 is 0 Å². The first kappa shape index (κ1) is 14.3. The Labute approximate surface area is 118 Å². The van der Waals surface area contributed by atoms with Crippen LogP contribution >= 0.6 is 0 Å². The fraction of sp³-hybridized carbons (Fsp3) is 0.312. The smallest absolute Gasteiger partial charge is 0.310 e. The average Bonchev–Trinajstić information content (AvgIpc) is 2.51. The van der Waals surface area contributed by atoms with Crippen LogP contribution in [0.4, 0.5) is 0 Å². The standard InChI is InChI=1S/C16H19NO3/c1-19-15-6-5-12-7-11(3-4-13(12)9-15)8-14(10-17)16(18)20-2/h3-7,9,14H,8,10,17H2,1-2H3. The van der Waals surface area contributed by atoms with E-state index < -0.39 is 0 Å². The summed E-state index contributed by atoms with van der Waals surface area (Å²) in [5, 5.41) is 2.22. The van der Waals surface area contributed by atoms with Gasteiger partial charge in [0.05, 0.1) is 20.1 Å². The zero-order valence-corrected chi connectivity index (χ0v) is 11.8. The molecule has 1 unspecified atom stereocenters. The van der Waals surface area contributed by atoms with E-state index in [1.165, 1.54) is 7.11 Å². The highest BCUT2D eigenvalue weighted by molar-refractivity contribution is 5.84. The van der Waals surface area contributed by atoms with Gasteiger partial charge in [0.2, 0.25) is 0 Å². The molecule has 0 aliphatic heterocycles. The van der Waals surface area contributed by atoms with Gasteiger partial charge >= 0.3 is 5.97 Å². The van der Waals surface area contributed by atoms with Gasteiger partial charge in [-0.25, -0.2) is 0 Å². The van der Waals surface area contributed by atoms with Crippen molar-refractivity contribution in [3.8, 4) is 5.75 Å². The quantitative estimate of drug-likeness (QED) is 0.848. The number of ether oxygens (including phenoxy) is 2. The van der Waals surface area contributed by atoms with Crippen molar-refractivity contribution in [3.05, 3.63) is 42.0 Å². The van der Waals surface area contributed by atoms with Crippen LogP contribution in [0.2, 0.25) is 0 Å². The topological polar surface area (TPSA) is 61.5 Å². The van der Waals surface area contributed by atoms with Gasteiger partial charge in [-0.3, -0.25) is 4.79 Å². The van der Waals surface area contributed by atoms with Gasteiger partial charge in [-0.1, -0.05) is 24.3 Å². The van der Waals surface area contributed by atoms with Crippen LogP contribution in [0.5, 0.6) is 5.75 Å². The second-order valence-corrected chi connectivity index (χ2v) is 4.71. The lowest BCUT2D eigenvalue weighted by Gasteiger charge is -2.13. The number of esters is 1. The summed E-state index contributed by atoms with van der Waals surface area (Å²) < 4.78 is 9.96. The monoisotopic (exact) mass is 273 g/mol. The van der Waals surface area contributed by atoms with E-state index in [1.807, 2.05) is 30.3 Å². The fourth-order valence-corrected chi connectivity index (χ4v) is 2.24. The minimum absolute atomic E-state index is 0.262. The Morgan fingerprint density at radius 3 is 2.50 bits per heavy atom. The second-order valence-electron chi connectivity index (χ2n) is 4.71. The van der Waals surface area contributed by atoms with Gasteiger partial charge < -0.3 is 15.2 Å². The molecule has 1 atom stereocenters. The lowest BCUT2D eigenvalue weighted by atomic mass is 9.97. The molecule has 2 aromatic rings. The van der Waals surface area contributed by atoms with E-state index in [0.717, 1.165) is 22.1 Å². The van der Waals surface area contributed by atoms with Crippen molar-refractivity contribution in [2.24, 2.45) is 11.7 Å². The highest BCUT2D eigenvalue weighted by Gasteiger charge is 2.17. The zero-order chi connectivity index (χ0) is 14.5. The Morgan fingerprint density at radius 1 is 1.15 bits per heavy atom. The highest BCUT2D eigenvalue weighted by Crippen LogP contribution is 2.23. The molecule has 2 N–H and O–H groups in total. The molecule has 0 bridgehead atoms. The summed E-state index contributed by atoms with van der Waals surface area (Å²) in [6.07, 6.45) is 0.588. The number of methoxy groups -OCH3 is 2. The maximum atomic E-state index is 11.6. The lowest BCUT2D eigenvalue weighted by Crippen LogP contribution is -2.26. The minimum atomic E-state index is -0.296. The Bertz CT molecular complexity index is 610. The molecular formula is C16H19NO3. The van der Waals surface area contributed by atoms with Gasteiger partial charge in [0, 0.05) is 6.54 Å². The zero-order valence-electron chi connectivity index (χ0n) is 11.8. The fourth-order valence-electron chi connectivity index (χ4n) is 2.24. The minimum Gasteiger partial charge on any atom is -0.497 e. The van der Waals surface area contributed by atoms with Crippen LogP contribution in [0, 0.1) is 5.92 Å². The molecule has 0 spiro atoms. The number of carbonyl (C=O) groups excluding carboxylic acids is 1. The van der Waals surface area contributed by atoms with Crippen LogP contribution in [-0.2, 0) is 16.0 Å². The molecular weight excluding hydrogens is 254 g/mol. The molecule has 4 nitrogen and oxygen atoms in total. The lowest BCUT2D eigenvalue weighted by molar-refractivity contribution is -0.145. The molecule has 0 aromatic heterocycles. The molecule has 0 aliphatic carbocycles. The van der Waals surface area contributed by atoms with E-state index in [-0.39, 0.29) is 18.4 Å². The van der Waals surface area contributed by atoms with Gasteiger partial charge in [0.1, 0.15) is 5.75 Å². The second kappa shape index (κ2) is 6.39. The number of fused-ring (bicyclic) bond motifs is 1. The Hall–Kier alpha value is -2.07. The molecule has 2 rings (SSSR count). The third-order valence-electron chi connectivity index (χ3n) is 3.41. The number of rotatable bonds is 5. The van der Waals surface area contributed by atoms with Crippen LogP contribution < -0.4 is 10.5 Å². The molecule has 0 radical (unpaired) electrons. The third kappa shape index (κ3) is 3.08. The van der Waals surface area contributed by atoms with Crippen molar-refractivity contribution < 1.29 is 14.3 Å². The number of hydrogen-bond acceptors (Lipinski definition) is 4. The molecule has 20 heavy (non-hydrogen) atoms. The highest BCUT2D eigenvalue weighted by atomic mass is 16.5. The maximum Gasteiger partial charge on any atom is 0.310 e. The van der Waals surface area contributed by atoms with E-state index in [9.17, 15) is 4.79 Å². The molecule has 0 heterocycles. The summed E-state index contributed by atoms with van der Waals surface area (Å²) in [4.78, 5) is 11.6. The predicted octanol–water partition coefficient (Wildman–Crippen LogP) is 2.14. The van der Waals surface area contributed by atoms with Crippen LogP contribution in [0.15, 0.2) is 36.4 Å². The van der Waals surface area contributed by atoms with Gasteiger partial charge in [0.15, 0.2) is 0 Å². The SMILES string of the molecule is COC(=O)C(CN)Cc1ccc2cc(OC)ccc2c1. The number of nitrogens with two attached hydrogens (primary N) is 1. The molecule has 106 valence electrons. The van der Waals surface area contributed by atoms with Crippen molar-refractivity contribution >= 4 is 16.7 Å². The molecule has 0 saturated heterocycles. The van der Waals surface area contributed by atoms with E-state index in [4.69, 9.17) is 15.2 Å². The summed E-state index contributed by atoms with van der Waals surface area (Å²) >= 11 is 0. The molecule has 0 saturated carbocycles. The Morgan fingerprint density at radius 2 is 1.85 bits per heavy atom. The van der Waals surface area contributed by atoms with Gasteiger partial charge in [0.25, 0.3) is 0 Å². The molecule has 0 amide bonds. The summed E-state index contributed by atoms with van der Waals surface area (Å²) in [6, 6.07) is 12.0. The molecule has 0 fully saturated rings. The average molecular weight is 273 g/mol. The number of hydrogen-bond donors (Lipinski definition) is 1. The van der Waals surface area contributed by atoms with Crippen molar-refractivity contribution in [2.75, 3.05) is 20.8 Å². The van der Waals surface area contributed by atoms with Gasteiger partial charge in [-0.2, -0.15) is 0 Å². The van der Waals surface area contributed by atoms with E-state index in [2.05, 4.69) is 6.07 Å². The Kier molecular flexibility index (Phi) is 4.58. The van der Waals surface area contributed by atoms with Crippen molar-refractivity contribution in [3.63, 3.8) is 0 Å². The van der Waals surface area contributed by atoms with Crippen molar-refractivity contribution in [1.82, 2.24) is 0 Å². The summed E-state index contributed by atoms with van der Waals surface area (Å²) in [7, 11) is 3.04. The van der Waals surface area contributed by atoms with Gasteiger partial charge in [-0.15, -0.1) is 0 Å². The van der Waals surface area contributed by atoms with Crippen LogP contribution in [0.25, 0.3) is 10.8 Å². The predicted molar refractivity (Wildman–Crippen MR) is 78.8 cm³/mol. The largest absolute Gasteiger partial charge is 0.497 e. The molecule has 2 aromatic carbocycles. The first-order valence-corrected chi connectivity index (χ1v) is 6.52. The van der Waals surface area contributed by atoms with Crippen LogP contribution in [-0.4, -0.2) is 26.7 Å². The first-order valence-electron chi connectivity index (χ1n) is 6.52. The van der Waals surface area contributed by atoms with Crippen LogP contribution in [0.3, 0.4) is 0 Å². The molecule has 0 aliphatic rings. The molecule has 4 heteroatoms. The van der Waals surface area contributed by atoms with Crippen LogP contribution in [0.1, 0.15) is 5.56 Å². The summed E-state index contributed by atoms with van der Waals surface area (Å²) in [5.74, 6) is 0.276. The number of carbonyl (C=O) groups is 1. The Balaban J connectivity index is 2.25. The van der Waals surface area contributed by atoms with Crippen molar-refractivity contribution in [2.45, 2.75) is 6.42 Å².